The predicted octanol–water partition coefficient (Wildman–Crippen LogP) is 4.27. The standard InChI is InChI=1S/C15H14Cl2N2O/c1-9(13-8-11(16)5-6-14(13)17)19-12-4-2-3-10(7-12)15(18)20/h2-9,19H,1H3,(H2,18,20). The highest BCUT2D eigenvalue weighted by molar-refractivity contribution is 6.33. The highest BCUT2D eigenvalue weighted by Crippen LogP contribution is 2.28. The Hall–Kier alpha value is -1.71. The van der Waals surface area contributed by atoms with E-state index in [4.69, 9.17) is 28.9 Å². The van der Waals surface area contributed by atoms with Gasteiger partial charge in [-0.3, -0.25) is 4.79 Å². The molecule has 0 radical (unpaired) electrons. The Labute approximate surface area is 127 Å². The van der Waals surface area contributed by atoms with Crippen LogP contribution in [0.4, 0.5) is 5.69 Å². The van der Waals surface area contributed by atoms with Gasteiger partial charge in [0, 0.05) is 21.3 Å². The van der Waals surface area contributed by atoms with Crippen molar-refractivity contribution in [2.24, 2.45) is 5.73 Å². The molecule has 20 heavy (non-hydrogen) atoms. The minimum atomic E-state index is -0.456. The summed E-state index contributed by atoms with van der Waals surface area (Å²) >= 11 is 12.1. The van der Waals surface area contributed by atoms with Crippen LogP contribution in [0.25, 0.3) is 0 Å². The van der Waals surface area contributed by atoms with E-state index in [1.165, 1.54) is 0 Å². The van der Waals surface area contributed by atoms with Crippen LogP contribution in [-0.2, 0) is 0 Å². The molecule has 1 amide bonds. The lowest BCUT2D eigenvalue weighted by molar-refractivity contribution is 0.100. The Kier molecular flexibility index (Phi) is 4.53. The maximum atomic E-state index is 11.2. The van der Waals surface area contributed by atoms with Crippen LogP contribution in [0.5, 0.6) is 0 Å². The van der Waals surface area contributed by atoms with E-state index in [2.05, 4.69) is 5.32 Å². The number of amides is 1. The topological polar surface area (TPSA) is 55.1 Å². The zero-order valence-corrected chi connectivity index (χ0v) is 12.4. The molecule has 2 rings (SSSR count). The predicted molar refractivity (Wildman–Crippen MR) is 83.5 cm³/mol. The van der Waals surface area contributed by atoms with Gasteiger partial charge in [0.1, 0.15) is 0 Å². The molecular weight excluding hydrogens is 295 g/mol. The summed E-state index contributed by atoms with van der Waals surface area (Å²) < 4.78 is 0. The van der Waals surface area contributed by atoms with Crippen molar-refractivity contribution < 1.29 is 4.79 Å². The number of carbonyl (C=O) groups excluding carboxylic acids is 1. The summed E-state index contributed by atoms with van der Waals surface area (Å²) in [6.45, 7) is 1.97. The van der Waals surface area contributed by atoms with Gasteiger partial charge in [-0.1, -0.05) is 29.3 Å². The number of hydrogen-bond donors (Lipinski definition) is 2. The van der Waals surface area contributed by atoms with Crippen molar-refractivity contribution in [1.29, 1.82) is 0 Å². The van der Waals surface area contributed by atoms with Crippen molar-refractivity contribution in [1.82, 2.24) is 0 Å². The minimum absolute atomic E-state index is 0.0515. The number of carbonyl (C=O) groups is 1. The number of nitrogens with one attached hydrogen (secondary N) is 1. The summed E-state index contributed by atoms with van der Waals surface area (Å²) in [4.78, 5) is 11.2. The third kappa shape index (κ3) is 3.44. The fourth-order valence-electron chi connectivity index (χ4n) is 1.94. The molecule has 0 heterocycles. The smallest absolute Gasteiger partial charge is 0.248 e. The van der Waals surface area contributed by atoms with Crippen LogP contribution < -0.4 is 11.1 Å². The van der Waals surface area contributed by atoms with E-state index in [1.54, 1.807) is 30.3 Å². The van der Waals surface area contributed by atoms with Gasteiger partial charge in [-0.25, -0.2) is 0 Å². The van der Waals surface area contributed by atoms with Gasteiger partial charge in [-0.2, -0.15) is 0 Å². The van der Waals surface area contributed by atoms with Gasteiger partial charge in [0.2, 0.25) is 5.91 Å². The second-order valence-corrected chi connectivity index (χ2v) is 5.32. The first-order valence-corrected chi connectivity index (χ1v) is 6.84. The molecule has 1 atom stereocenters. The van der Waals surface area contributed by atoms with Crippen LogP contribution in [-0.4, -0.2) is 5.91 Å². The Bertz CT molecular complexity index is 644. The second kappa shape index (κ2) is 6.16. The van der Waals surface area contributed by atoms with Gasteiger partial charge in [-0.15, -0.1) is 0 Å². The van der Waals surface area contributed by atoms with Gasteiger partial charge in [0.05, 0.1) is 6.04 Å². The molecule has 0 aliphatic rings. The van der Waals surface area contributed by atoms with Crippen molar-refractivity contribution in [3.8, 4) is 0 Å². The van der Waals surface area contributed by atoms with E-state index in [0.29, 0.717) is 15.6 Å². The van der Waals surface area contributed by atoms with E-state index < -0.39 is 5.91 Å². The molecule has 1 unspecified atom stereocenters. The monoisotopic (exact) mass is 308 g/mol. The first-order chi connectivity index (χ1) is 9.47. The fraction of sp³-hybridized carbons (Fsp3) is 0.133. The molecule has 5 heteroatoms. The Morgan fingerprint density at radius 3 is 2.65 bits per heavy atom. The first kappa shape index (κ1) is 14.7. The minimum Gasteiger partial charge on any atom is -0.378 e. The van der Waals surface area contributed by atoms with E-state index >= 15 is 0 Å². The number of rotatable bonds is 4. The van der Waals surface area contributed by atoms with Crippen LogP contribution in [0.2, 0.25) is 10.0 Å². The number of halogens is 2. The zero-order valence-electron chi connectivity index (χ0n) is 10.9. The Morgan fingerprint density at radius 2 is 1.95 bits per heavy atom. The quantitative estimate of drug-likeness (QED) is 0.886. The summed E-state index contributed by atoms with van der Waals surface area (Å²) in [5.41, 5.74) is 7.41. The number of nitrogens with two attached hydrogens (primary N) is 1. The molecule has 0 aliphatic heterocycles. The molecule has 0 aromatic heterocycles. The highest BCUT2D eigenvalue weighted by Gasteiger charge is 2.11. The highest BCUT2D eigenvalue weighted by atomic mass is 35.5. The Balaban J connectivity index is 2.23. The number of benzene rings is 2. The van der Waals surface area contributed by atoms with Crippen LogP contribution in [0.1, 0.15) is 28.9 Å². The molecule has 3 nitrogen and oxygen atoms in total. The summed E-state index contributed by atoms with van der Waals surface area (Å²) in [6.07, 6.45) is 0. The average molecular weight is 309 g/mol. The van der Waals surface area contributed by atoms with Gasteiger partial charge in [0.25, 0.3) is 0 Å². The zero-order chi connectivity index (χ0) is 14.7. The molecule has 0 bridgehead atoms. The number of hydrogen-bond acceptors (Lipinski definition) is 2. The van der Waals surface area contributed by atoms with Crippen molar-refractivity contribution in [3.63, 3.8) is 0 Å². The molecule has 0 saturated heterocycles. The first-order valence-electron chi connectivity index (χ1n) is 6.08. The summed E-state index contributed by atoms with van der Waals surface area (Å²) in [5, 5.41) is 4.54. The second-order valence-electron chi connectivity index (χ2n) is 4.48. The summed E-state index contributed by atoms with van der Waals surface area (Å²) in [7, 11) is 0. The lowest BCUT2D eigenvalue weighted by Gasteiger charge is -2.17. The van der Waals surface area contributed by atoms with Gasteiger partial charge >= 0.3 is 0 Å². The molecule has 104 valence electrons. The third-order valence-corrected chi connectivity index (χ3v) is 3.53. The van der Waals surface area contributed by atoms with Crippen LogP contribution in [0.15, 0.2) is 42.5 Å². The van der Waals surface area contributed by atoms with Gasteiger partial charge in [0.15, 0.2) is 0 Å². The van der Waals surface area contributed by atoms with Gasteiger partial charge in [-0.05, 0) is 48.9 Å². The van der Waals surface area contributed by atoms with E-state index in [9.17, 15) is 4.79 Å². The van der Waals surface area contributed by atoms with Crippen LogP contribution >= 0.6 is 23.2 Å². The van der Waals surface area contributed by atoms with Crippen LogP contribution in [0, 0.1) is 0 Å². The number of anilines is 1. The van der Waals surface area contributed by atoms with Gasteiger partial charge < -0.3 is 11.1 Å². The third-order valence-electron chi connectivity index (χ3n) is 2.95. The molecule has 0 aliphatic carbocycles. The SMILES string of the molecule is CC(Nc1cccc(C(N)=O)c1)c1cc(Cl)ccc1Cl. The fourth-order valence-corrected chi connectivity index (χ4v) is 2.40. The van der Waals surface area contributed by atoms with E-state index in [-0.39, 0.29) is 6.04 Å². The van der Waals surface area contributed by atoms with Crippen molar-refractivity contribution >= 4 is 34.8 Å². The van der Waals surface area contributed by atoms with E-state index in [0.717, 1.165) is 11.3 Å². The molecule has 0 saturated carbocycles. The van der Waals surface area contributed by atoms with Crippen molar-refractivity contribution in [2.75, 3.05) is 5.32 Å². The molecule has 0 spiro atoms. The molecule has 2 aromatic rings. The number of primary amides is 1. The molecule has 3 N–H and O–H groups in total. The maximum absolute atomic E-state index is 11.2. The van der Waals surface area contributed by atoms with Crippen molar-refractivity contribution in [2.45, 2.75) is 13.0 Å². The maximum Gasteiger partial charge on any atom is 0.248 e. The van der Waals surface area contributed by atoms with Crippen molar-refractivity contribution in [3.05, 3.63) is 63.6 Å². The molecule has 0 fully saturated rings. The summed E-state index contributed by atoms with van der Waals surface area (Å²) in [6, 6.07) is 12.3. The average Bonchev–Trinajstić information content (AvgIpc) is 2.41. The van der Waals surface area contributed by atoms with E-state index in [1.807, 2.05) is 19.1 Å². The lowest BCUT2D eigenvalue weighted by atomic mass is 10.1. The molecule has 2 aromatic carbocycles. The molecular formula is C15H14Cl2N2O. The Morgan fingerprint density at radius 1 is 1.20 bits per heavy atom. The normalized spacial score (nSPS) is 11.9. The summed E-state index contributed by atoms with van der Waals surface area (Å²) in [5.74, 6) is -0.456. The van der Waals surface area contributed by atoms with Crippen LogP contribution in [0.3, 0.4) is 0 Å². The lowest BCUT2D eigenvalue weighted by Crippen LogP contribution is -2.12. The largest absolute Gasteiger partial charge is 0.378 e.